The molecule has 0 heteroatoms. The van der Waals surface area contributed by atoms with E-state index in [2.05, 4.69) is 50.3 Å². The quantitative estimate of drug-likeness (QED) is 0.607. The van der Waals surface area contributed by atoms with Crippen LogP contribution >= 0.6 is 0 Å². The molecule has 0 heterocycles. The standard InChI is InChI=1S/C18H26/c1-3-4-6-13-18(14-7-5-8-15-18)17-11-9-16(2)10-12-17/h6,9-13H,3-5,7-8,14-15H2,1-2H3. The van der Waals surface area contributed by atoms with E-state index in [0.29, 0.717) is 5.41 Å². The Balaban J connectivity index is 2.25. The Morgan fingerprint density at radius 2 is 1.72 bits per heavy atom. The average molecular weight is 242 g/mol. The summed E-state index contributed by atoms with van der Waals surface area (Å²) in [6.07, 6.45) is 14.2. The maximum atomic E-state index is 2.51. The minimum atomic E-state index is 0.334. The molecule has 1 saturated carbocycles. The first-order chi connectivity index (χ1) is 8.77. The van der Waals surface area contributed by atoms with Gasteiger partial charge in [-0.25, -0.2) is 0 Å². The van der Waals surface area contributed by atoms with Crippen LogP contribution in [0.15, 0.2) is 36.4 Å². The fraction of sp³-hybridized carbons (Fsp3) is 0.556. The van der Waals surface area contributed by atoms with E-state index in [1.54, 1.807) is 0 Å². The summed E-state index contributed by atoms with van der Waals surface area (Å²) in [5, 5.41) is 0. The summed E-state index contributed by atoms with van der Waals surface area (Å²) >= 11 is 0. The molecule has 0 bridgehead atoms. The van der Waals surface area contributed by atoms with Crippen molar-refractivity contribution in [2.75, 3.05) is 0 Å². The molecule has 0 amide bonds. The van der Waals surface area contributed by atoms with Crippen LogP contribution in [-0.4, -0.2) is 0 Å². The number of rotatable bonds is 4. The minimum Gasteiger partial charge on any atom is -0.0877 e. The average Bonchev–Trinajstić information content (AvgIpc) is 2.41. The zero-order valence-electron chi connectivity index (χ0n) is 11.9. The molecule has 1 aliphatic carbocycles. The predicted octanol–water partition coefficient (Wildman–Crippen LogP) is 5.55. The van der Waals surface area contributed by atoms with Gasteiger partial charge in [-0.05, 0) is 31.7 Å². The van der Waals surface area contributed by atoms with Crippen molar-refractivity contribution in [2.45, 2.75) is 64.2 Å². The van der Waals surface area contributed by atoms with Gasteiger partial charge in [0.25, 0.3) is 0 Å². The normalized spacial score (nSPS) is 19.2. The molecule has 1 aliphatic rings. The van der Waals surface area contributed by atoms with Crippen molar-refractivity contribution in [3.05, 3.63) is 47.5 Å². The summed E-state index contributed by atoms with van der Waals surface area (Å²) in [4.78, 5) is 0. The van der Waals surface area contributed by atoms with E-state index in [9.17, 15) is 0 Å². The summed E-state index contributed by atoms with van der Waals surface area (Å²) < 4.78 is 0. The van der Waals surface area contributed by atoms with Gasteiger partial charge in [0.2, 0.25) is 0 Å². The Morgan fingerprint density at radius 3 is 2.33 bits per heavy atom. The molecule has 1 fully saturated rings. The molecule has 1 aromatic carbocycles. The van der Waals surface area contributed by atoms with Gasteiger partial charge < -0.3 is 0 Å². The van der Waals surface area contributed by atoms with E-state index in [4.69, 9.17) is 0 Å². The molecule has 0 spiro atoms. The Labute approximate surface area is 112 Å². The maximum absolute atomic E-state index is 2.51. The van der Waals surface area contributed by atoms with Gasteiger partial charge in [-0.2, -0.15) is 0 Å². The van der Waals surface area contributed by atoms with Gasteiger partial charge in [-0.15, -0.1) is 0 Å². The van der Waals surface area contributed by atoms with Gasteiger partial charge in [0, 0.05) is 5.41 Å². The molecule has 1 aromatic rings. The molecule has 0 nitrogen and oxygen atoms in total. The number of allylic oxidation sites excluding steroid dienone is 2. The number of aryl methyl sites for hydroxylation is 1. The summed E-state index contributed by atoms with van der Waals surface area (Å²) in [6, 6.07) is 9.21. The summed E-state index contributed by atoms with van der Waals surface area (Å²) in [7, 11) is 0. The van der Waals surface area contributed by atoms with Crippen molar-refractivity contribution in [2.24, 2.45) is 0 Å². The molecular formula is C18H26. The Bertz CT molecular complexity index is 377. The van der Waals surface area contributed by atoms with Crippen LogP contribution in [0, 0.1) is 6.92 Å². The lowest BCUT2D eigenvalue weighted by Gasteiger charge is -2.35. The lowest BCUT2D eigenvalue weighted by molar-refractivity contribution is 0.356. The third-order valence-corrected chi connectivity index (χ3v) is 4.26. The van der Waals surface area contributed by atoms with Crippen LogP contribution in [0.1, 0.15) is 63.0 Å². The van der Waals surface area contributed by atoms with Gasteiger partial charge in [-0.3, -0.25) is 0 Å². The van der Waals surface area contributed by atoms with Gasteiger partial charge in [0.15, 0.2) is 0 Å². The van der Waals surface area contributed by atoms with Crippen LogP contribution in [0.3, 0.4) is 0 Å². The van der Waals surface area contributed by atoms with E-state index in [1.807, 2.05) is 0 Å². The van der Waals surface area contributed by atoms with Gasteiger partial charge >= 0.3 is 0 Å². The van der Waals surface area contributed by atoms with Crippen LogP contribution in [0.5, 0.6) is 0 Å². The van der Waals surface area contributed by atoms with Crippen LogP contribution in [0.4, 0.5) is 0 Å². The second kappa shape index (κ2) is 6.22. The molecule has 18 heavy (non-hydrogen) atoms. The first-order valence-electron chi connectivity index (χ1n) is 7.52. The Morgan fingerprint density at radius 1 is 1.06 bits per heavy atom. The zero-order valence-corrected chi connectivity index (χ0v) is 11.9. The van der Waals surface area contributed by atoms with E-state index < -0.39 is 0 Å². The van der Waals surface area contributed by atoms with Gasteiger partial charge in [0.05, 0.1) is 0 Å². The molecule has 0 atom stereocenters. The first-order valence-corrected chi connectivity index (χ1v) is 7.52. The molecule has 0 aliphatic heterocycles. The summed E-state index contributed by atoms with van der Waals surface area (Å²) in [5.74, 6) is 0. The highest BCUT2D eigenvalue weighted by molar-refractivity contribution is 5.33. The molecular weight excluding hydrogens is 216 g/mol. The second-order valence-corrected chi connectivity index (χ2v) is 5.77. The second-order valence-electron chi connectivity index (χ2n) is 5.77. The Hall–Kier alpha value is -1.04. The first kappa shape index (κ1) is 13.4. The van der Waals surface area contributed by atoms with E-state index in [0.717, 1.165) is 0 Å². The summed E-state index contributed by atoms with van der Waals surface area (Å²) in [6.45, 7) is 4.42. The monoisotopic (exact) mass is 242 g/mol. The summed E-state index contributed by atoms with van der Waals surface area (Å²) in [5.41, 5.74) is 3.23. The Kier molecular flexibility index (Phi) is 4.63. The number of benzene rings is 1. The molecule has 0 saturated heterocycles. The molecule has 2 rings (SSSR count). The van der Waals surface area contributed by atoms with Crippen molar-refractivity contribution >= 4 is 0 Å². The van der Waals surface area contributed by atoms with Crippen molar-refractivity contribution in [3.8, 4) is 0 Å². The number of hydrogen-bond acceptors (Lipinski definition) is 0. The highest BCUT2D eigenvalue weighted by Gasteiger charge is 2.30. The molecule has 0 aromatic heterocycles. The van der Waals surface area contributed by atoms with Crippen LogP contribution in [-0.2, 0) is 5.41 Å². The van der Waals surface area contributed by atoms with Crippen molar-refractivity contribution in [3.63, 3.8) is 0 Å². The highest BCUT2D eigenvalue weighted by atomic mass is 14.3. The van der Waals surface area contributed by atoms with Gasteiger partial charge in [0.1, 0.15) is 0 Å². The topological polar surface area (TPSA) is 0 Å². The van der Waals surface area contributed by atoms with Crippen LogP contribution in [0.25, 0.3) is 0 Å². The van der Waals surface area contributed by atoms with Crippen molar-refractivity contribution in [1.29, 1.82) is 0 Å². The molecule has 0 radical (unpaired) electrons. The van der Waals surface area contributed by atoms with Crippen LogP contribution in [0.2, 0.25) is 0 Å². The van der Waals surface area contributed by atoms with E-state index in [1.165, 1.54) is 56.1 Å². The van der Waals surface area contributed by atoms with Crippen molar-refractivity contribution < 1.29 is 0 Å². The number of hydrogen-bond donors (Lipinski definition) is 0. The third kappa shape index (κ3) is 3.04. The third-order valence-electron chi connectivity index (χ3n) is 4.26. The molecule has 0 N–H and O–H groups in total. The maximum Gasteiger partial charge on any atom is 0.0132 e. The zero-order chi connectivity index (χ0) is 12.8. The SMILES string of the molecule is CCCC=CC1(c2ccc(C)cc2)CCCCC1. The molecule has 0 unspecified atom stereocenters. The molecule has 98 valence electrons. The van der Waals surface area contributed by atoms with Crippen molar-refractivity contribution in [1.82, 2.24) is 0 Å². The lowest BCUT2D eigenvalue weighted by atomic mass is 9.69. The van der Waals surface area contributed by atoms with E-state index >= 15 is 0 Å². The fourth-order valence-corrected chi connectivity index (χ4v) is 3.10. The lowest BCUT2D eigenvalue weighted by Crippen LogP contribution is -2.26. The van der Waals surface area contributed by atoms with Crippen LogP contribution < -0.4 is 0 Å². The fourth-order valence-electron chi connectivity index (χ4n) is 3.10. The minimum absolute atomic E-state index is 0.334. The largest absolute Gasteiger partial charge is 0.0877 e. The predicted molar refractivity (Wildman–Crippen MR) is 80.0 cm³/mol. The van der Waals surface area contributed by atoms with Gasteiger partial charge in [-0.1, -0.05) is 74.6 Å². The van der Waals surface area contributed by atoms with E-state index in [-0.39, 0.29) is 0 Å². The highest BCUT2D eigenvalue weighted by Crippen LogP contribution is 2.40. The number of unbranched alkanes of at least 4 members (excludes halogenated alkanes) is 1. The smallest absolute Gasteiger partial charge is 0.0132 e.